The SMILES string of the molecule is O=C(CN(c1cccc(Cl)c1Cl)S(=O)(=O)c1ccccc1)N1CCC(Cc2ccccc2)CC1. The minimum Gasteiger partial charge on any atom is -0.341 e. The molecule has 0 aliphatic carbocycles. The number of nitrogens with zero attached hydrogens (tertiary/aromatic N) is 2. The molecule has 1 fully saturated rings. The fourth-order valence-electron chi connectivity index (χ4n) is 4.26. The summed E-state index contributed by atoms with van der Waals surface area (Å²) in [6.45, 7) is 0.846. The maximum absolute atomic E-state index is 13.5. The van der Waals surface area contributed by atoms with Gasteiger partial charge in [-0.15, -0.1) is 0 Å². The first-order valence-corrected chi connectivity index (χ1v) is 13.4. The number of carbonyl (C=O) groups is 1. The third kappa shape index (κ3) is 5.57. The molecule has 0 atom stereocenters. The van der Waals surface area contributed by atoms with Gasteiger partial charge in [-0.25, -0.2) is 8.42 Å². The predicted molar refractivity (Wildman–Crippen MR) is 137 cm³/mol. The first-order valence-electron chi connectivity index (χ1n) is 11.2. The van der Waals surface area contributed by atoms with E-state index in [4.69, 9.17) is 23.2 Å². The van der Waals surface area contributed by atoms with Gasteiger partial charge in [0.2, 0.25) is 5.91 Å². The maximum Gasteiger partial charge on any atom is 0.264 e. The van der Waals surface area contributed by atoms with E-state index in [1.165, 1.54) is 17.7 Å². The lowest BCUT2D eigenvalue weighted by Gasteiger charge is -2.34. The topological polar surface area (TPSA) is 57.7 Å². The average Bonchev–Trinajstić information content (AvgIpc) is 2.86. The molecule has 0 radical (unpaired) electrons. The number of hydrogen-bond acceptors (Lipinski definition) is 3. The Morgan fingerprint density at radius 1 is 0.882 bits per heavy atom. The van der Waals surface area contributed by atoms with E-state index in [0.29, 0.717) is 19.0 Å². The van der Waals surface area contributed by atoms with Gasteiger partial charge in [0, 0.05) is 13.1 Å². The van der Waals surface area contributed by atoms with Gasteiger partial charge in [0.25, 0.3) is 10.0 Å². The number of anilines is 1. The summed E-state index contributed by atoms with van der Waals surface area (Å²) in [5.74, 6) is 0.242. The molecule has 8 heteroatoms. The highest BCUT2D eigenvalue weighted by Gasteiger charge is 2.32. The van der Waals surface area contributed by atoms with Crippen molar-refractivity contribution in [1.82, 2.24) is 4.90 Å². The molecule has 0 aromatic heterocycles. The monoisotopic (exact) mass is 516 g/mol. The minimum atomic E-state index is -4.04. The summed E-state index contributed by atoms with van der Waals surface area (Å²) in [5, 5.41) is 0.319. The predicted octanol–water partition coefficient (Wildman–Crippen LogP) is 5.67. The Kier molecular flexibility index (Phi) is 7.81. The summed E-state index contributed by atoms with van der Waals surface area (Å²) < 4.78 is 28.1. The van der Waals surface area contributed by atoms with Crippen LogP contribution in [0.25, 0.3) is 0 Å². The van der Waals surface area contributed by atoms with Crippen molar-refractivity contribution >= 4 is 44.8 Å². The van der Waals surface area contributed by atoms with Crippen LogP contribution >= 0.6 is 23.2 Å². The Morgan fingerprint density at radius 3 is 2.15 bits per heavy atom. The van der Waals surface area contributed by atoms with Crippen molar-refractivity contribution in [1.29, 1.82) is 0 Å². The number of sulfonamides is 1. The molecule has 0 spiro atoms. The maximum atomic E-state index is 13.5. The van der Waals surface area contributed by atoms with E-state index in [1.807, 2.05) is 18.2 Å². The van der Waals surface area contributed by atoms with E-state index in [9.17, 15) is 13.2 Å². The van der Waals surface area contributed by atoms with Crippen LogP contribution in [0.5, 0.6) is 0 Å². The Labute approximate surface area is 211 Å². The molecular formula is C26H26Cl2N2O3S. The molecule has 0 N–H and O–H groups in total. The number of halogens is 2. The van der Waals surface area contributed by atoms with Crippen molar-refractivity contribution in [3.05, 3.63) is 94.5 Å². The second-order valence-electron chi connectivity index (χ2n) is 8.41. The van der Waals surface area contributed by atoms with Crippen molar-refractivity contribution < 1.29 is 13.2 Å². The Bertz CT molecular complexity index is 1230. The fraction of sp³-hybridized carbons (Fsp3) is 0.269. The van der Waals surface area contributed by atoms with Gasteiger partial charge in [-0.2, -0.15) is 0 Å². The third-order valence-corrected chi connectivity index (χ3v) is 8.73. The van der Waals surface area contributed by atoms with Crippen molar-refractivity contribution in [2.75, 3.05) is 23.9 Å². The van der Waals surface area contributed by atoms with Crippen molar-refractivity contribution in [3.8, 4) is 0 Å². The molecule has 3 aromatic rings. The highest BCUT2D eigenvalue weighted by atomic mass is 35.5. The van der Waals surface area contributed by atoms with Crippen molar-refractivity contribution in [3.63, 3.8) is 0 Å². The molecule has 0 bridgehead atoms. The number of hydrogen-bond donors (Lipinski definition) is 0. The quantitative estimate of drug-likeness (QED) is 0.406. The summed E-state index contributed by atoms with van der Waals surface area (Å²) in [7, 11) is -4.04. The van der Waals surface area contributed by atoms with Crippen LogP contribution in [0, 0.1) is 5.92 Å². The van der Waals surface area contributed by atoms with Crippen LogP contribution < -0.4 is 4.31 Å². The zero-order valence-corrected chi connectivity index (χ0v) is 20.9. The number of likely N-dealkylation sites (tertiary alicyclic amines) is 1. The lowest BCUT2D eigenvalue weighted by molar-refractivity contribution is -0.130. The fourth-order valence-corrected chi connectivity index (χ4v) is 6.16. The van der Waals surface area contributed by atoms with Gasteiger partial charge in [-0.05, 0) is 55.0 Å². The van der Waals surface area contributed by atoms with Crippen LogP contribution in [0.15, 0.2) is 83.8 Å². The van der Waals surface area contributed by atoms with Gasteiger partial charge >= 0.3 is 0 Å². The Hall–Kier alpha value is -2.54. The van der Waals surface area contributed by atoms with Crippen LogP contribution in [0.3, 0.4) is 0 Å². The average molecular weight is 517 g/mol. The number of rotatable bonds is 7. The third-order valence-electron chi connectivity index (χ3n) is 6.14. The van der Waals surface area contributed by atoms with Gasteiger partial charge in [-0.3, -0.25) is 9.10 Å². The van der Waals surface area contributed by atoms with E-state index >= 15 is 0 Å². The number of carbonyl (C=O) groups excluding carboxylic acids is 1. The Morgan fingerprint density at radius 2 is 1.50 bits per heavy atom. The molecule has 178 valence electrons. The van der Waals surface area contributed by atoms with Crippen LogP contribution in [-0.4, -0.2) is 38.9 Å². The molecule has 1 amide bonds. The number of benzene rings is 3. The Balaban J connectivity index is 1.52. The number of amides is 1. The lowest BCUT2D eigenvalue weighted by Crippen LogP contribution is -2.46. The minimum absolute atomic E-state index is 0.0837. The van der Waals surface area contributed by atoms with Crippen LogP contribution in [0.4, 0.5) is 5.69 Å². The standard InChI is InChI=1S/C26H26Cl2N2O3S/c27-23-12-7-13-24(26(23)28)30(34(32,33)22-10-5-2-6-11-22)19-25(31)29-16-14-21(15-17-29)18-20-8-3-1-4-9-20/h1-13,21H,14-19H2. The molecule has 1 aliphatic heterocycles. The lowest BCUT2D eigenvalue weighted by atomic mass is 9.90. The first kappa shape index (κ1) is 24.6. The zero-order valence-electron chi connectivity index (χ0n) is 18.6. The van der Waals surface area contributed by atoms with Crippen LogP contribution in [0.1, 0.15) is 18.4 Å². The first-order chi connectivity index (χ1) is 16.4. The van der Waals surface area contributed by atoms with E-state index < -0.39 is 10.0 Å². The molecule has 0 saturated carbocycles. The van der Waals surface area contributed by atoms with Crippen LogP contribution in [0.2, 0.25) is 10.0 Å². The molecule has 1 saturated heterocycles. The second-order valence-corrected chi connectivity index (χ2v) is 11.1. The summed E-state index contributed by atoms with van der Waals surface area (Å²) in [4.78, 5) is 15.1. The molecule has 0 unspecified atom stereocenters. The second kappa shape index (κ2) is 10.8. The smallest absolute Gasteiger partial charge is 0.264 e. The molecular weight excluding hydrogens is 491 g/mol. The van der Waals surface area contributed by atoms with Gasteiger partial charge in [0.1, 0.15) is 6.54 Å². The summed E-state index contributed by atoms with van der Waals surface area (Å²) in [6.07, 6.45) is 2.74. The molecule has 3 aromatic carbocycles. The largest absolute Gasteiger partial charge is 0.341 e. The van der Waals surface area contributed by atoms with E-state index in [1.54, 1.807) is 41.3 Å². The summed E-state index contributed by atoms with van der Waals surface area (Å²) in [6, 6.07) is 23.1. The van der Waals surface area contributed by atoms with Gasteiger partial charge in [0.15, 0.2) is 0 Å². The van der Waals surface area contributed by atoms with Gasteiger partial charge in [0.05, 0.1) is 20.6 Å². The molecule has 34 heavy (non-hydrogen) atoms. The molecule has 1 heterocycles. The van der Waals surface area contributed by atoms with Gasteiger partial charge in [-0.1, -0.05) is 77.8 Å². The molecule has 5 nitrogen and oxygen atoms in total. The van der Waals surface area contributed by atoms with Gasteiger partial charge < -0.3 is 4.90 Å². The highest BCUT2D eigenvalue weighted by molar-refractivity contribution is 7.92. The summed E-state index contributed by atoms with van der Waals surface area (Å²) in [5.41, 5.74) is 1.48. The molecule has 1 aliphatic rings. The highest BCUT2D eigenvalue weighted by Crippen LogP contribution is 2.35. The summed E-state index contributed by atoms with van der Waals surface area (Å²) >= 11 is 12.6. The van der Waals surface area contributed by atoms with Crippen LogP contribution in [-0.2, 0) is 21.2 Å². The van der Waals surface area contributed by atoms with Crippen molar-refractivity contribution in [2.24, 2.45) is 5.92 Å². The van der Waals surface area contributed by atoms with E-state index in [-0.39, 0.29) is 33.1 Å². The normalized spacial score (nSPS) is 14.7. The van der Waals surface area contributed by atoms with Crippen molar-refractivity contribution in [2.45, 2.75) is 24.2 Å². The van der Waals surface area contributed by atoms with E-state index in [2.05, 4.69) is 12.1 Å². The molecule has 4 rings (SSSR count). The zero-order chi connectivity index (χ0) is 24.1. The number of piperidine rings is 1. The van der Waals surface area contributed by atoms with E-state index in [0.717, 1.165) is 23.6 Å².